The fourth-order valence-electron chi connectivity index (χ4n) is 1.18. The van der Waals surface area contributed by atoms with E-state index in [1.54, 1.807) is 4.72 Å². The van der Waals surface area contributed by atoms with E-state index in [-0.39, 0.29) is 12.1 Å². The van der Waals surface area contributed by atoms with Gasteiger partial charge in [-0.3, -0.25) is 0 Å². The average molecular weight is 318 g/mol. The van der Waals surface area contributed by atoms with Gasteiger partial charge in [-0.15, -0.1) is 0 Å². The summed E-state index contributed by atoms with van der Waals surface area (Å²) in [6.45, 7) is -0.669. The van der Waals surface area contributed by atoms with E-state index in [0.29, 0.717) is 0 Å². The quantitative estimate of drug-likeness (QED) is 0.775. The highest BCUT2D eigenvalue weighted by Gasteiger charge is 2.25. The van der Waals surface area contributed by atoms with Crippen molar-refractivity contribution in [3.8, 4) is 0 Å². The molecule has 1 rings (SSSR count). The zero-order valence-electron chi connectivity index (χ0n) is 9.23. The molecule has 3 N–H and O–H groups in total. The molecular weight excluding hydrogens is 309 g/mol. The number of nitrogens with one attached hydrogen (secondary N) is 1. The second-order valence-electron chi connectivity index (χ2n) is 3.46. The third-order valence-corrected chi connectivity index (χ3v) is 4.20. The standard InChI is InChI=1S/C8H9F3N2O4S2/c9-5-3-6(10)8(7(11)4-5)19(16,17)13-1-2-18(12,14)15/h3-4,13H,1-2H2,(H2,12,14,15). The number of rotatable bonds is 5. The number of halogens is 3. The van der Waals surface area contributed by atoms with Gasteiger partial charge in [-0.25, -0.2) is 39.9 Å². The van der Waals surface area contributed by atoms with Gasteiger partial charge in [0.2, 0.25) is 20.0 Å². The summed E-state index contributed by atoms with van der Waals surface area (Å²) >= 11 is 0. The lowest BCUT2D eigenvalue weighted by atomic mass is 10.3. The maximum Gasteiger partial charge on any atom is 0.246 e. The zero-order valence-corrected chi connectivity index (χ0v) is 10.9. The summed E-state index contributed by atoms with van der Waals surface area (Å²) in [6.07, 6.45) is 0. The van der Waals surface area contributed by atoms with Crippen molar-refractivity contribution >= 4 is 20.0 Å². The second-order valence-corrected chi connectivity index (χ2v) is 6.90. The Morgan fingerprint density at radius 3 is 1.95 bits per heavy atom. The molecule has 0 spiro atoms. The van der Waals surface area contributed by atoms with Crippen LogP contribution >= 0.6 is 0 Å². The zero-order chi connectivity index (χ0) is 14.8. The molecule has 0 fully saturated rings. The van der Waals surface area contributed by atoms with E-state index in [0.717, 1.165) is 0 Å². The predicted molar refractivity (Wildman–Crippen MR) is 59.5 cm³/mol. The van der Waals surface area contributed by atoms with Crippen LogP contribution in [0.15, 0.2) is 17.0 Å². The lowest BCUT2D eigenvalue weighted by Crippen LogP contribution is -2.32. The Morgan fingerprint density at radius 1 is 1.05 bits per heavy atom. The SMILES string of the molecule is NS(=O)(=O)CCNS(=O)(=O)c1c(F)cc(F)cc1F. The predicted octanol–water partition coefficient (Wildman–Crippen LogP) is -0.329. The third-order valence-electron chi connectivity index (χ3n) is 1.91. The maximum absolute atomic E-state index is 13.2. The van der Waals surface area contributed by atoms with Crippen molar-refractivity contribution in [2.75, 3.05) is 12.3 Å². The molecule has 1 aromatic carbocycles. The van der Waals surface area contributed by atoms with Gasteiger partial charge in [0, 0.05) is 18.7 Å². The number of hydrogen-bond donors (Lipinski definition) is 2. The van der Waals surface area contributed by atoms with Gasteiger partial charge < -0.3 is 0 Å². The van der Waals surface area contributed by atoms with Crippen LogP contribution in [0, 0.1) is 17.5 Å². The fourth-order valence-corrected chi connectivity index (χ4v) is 2.84. The Kier molecular flexibility index (Phi) is 4.55. The highest BCUT2D eigenvalue weighted by atomic mass is 32.2. The van der Waals surface area contributed by atoms with Crippen molar-refractivity contribution in [3.05, 3.63) is 29.6 Å². The van der Waals surface area contributed by atoms with Crippen LogP contribution in [0.25, 0.3) is 0 Å². The highest BCUT2D eigenvalue weighted by Crippen LogP contribution is 2.19. The molecule has 0 bridgehead atoms. The first-order chi connectivity index (χ1) is 8.53. The number of primary sulfonamides is 1. The molecule has 0 aliphatic rings. The van der Waals surface area contributed by atoms with Crippen molar-refractivity contribution in [1.82, 2.24) is 4.72 Å². The van der Waals surface area contributed by atoms with Gasteiger partial charge in [0.25, 0.3) is 0 Å². The minimum absolute atomic E-state index is 0.192. The Bertz CT molecular complexity index is 665. The first-order valence-corrected chi connectivity index (χ1v) is 7.87. The lowest BCUT2D eigenvalue weighted by Gasteiger charge is -2.08. The summed E-state index contributed by atoms with van der Waals surface area (Å²) in [5.74, 6) is -5.28. The minimum Gasteiger partial charge on any atom is -0.229 e. The summed E-state index contributed by atoms with van der Waals surface area (Å²) < 4.78 is 84.9. The van der Waals surface area contributed by atoms with Crippen molar-refractivity contribution < 1.29 is 30.0 Å². The number of nitrogens with two attached hydrogens (primary N) is 1. The minimum atomic E-state index is -4.65. The van der Waals surface area contributed by atoms with E-state index in [9.17, 15) is 30.0 Å². The molecule has 0 saturated carbocycles. The summed E-state index contributed by atoms with van der Waals surface area (Å²) in [4.78, 5) is -1.39. The molecule has 0 radical (unpaired) electrons. The smallest absolute Gasteiger partial charge is 0.229 e. The molecule has 0 heterocycles. The van der Waals surface area contributed by atoms with E-state index in [2.05, 4.69) is 5.14 Å². The Balaban J connectivity index is 3.02. The van der Waals surface area contributed by atoms with Crippen molar-refractivity contribution in [2.24, 2.45) is 5.14 Å². The summed E-state index contributed by atoms with van der Waals surface area (Å²) in [7, 11) is -8.58. The molecule has 19 heavy (non-hydrogen) atoms. The Hall–Kier alpha value is -1.17. The average Bonchev–Trinajstić information content (AvgIpc) is 2.11. The topological polar surface area (TPSA) is 106 Å². The molecular formula is C8H9F3N2O4S2. The van der Waals surface area contributed by atoms with Gasteiger partial charge in [0.05, 0.1) is 5.75 Å². The number of sulfonamides is 2. The van der Waals surface area contributed by atoms with Crippen LogP contribution in [0.3, 0.4) is 0 Å². The van der Waals surface area contributed by atoms with Crippen LogP contribution in [0.5, 0.6) is 0 Å². The maximum atomic E-state index is 13.2. The van der Waals surface area contributed by atoms with Gasteiger partial charge in [-0.1, -0.05) is 0 Å². The van der Waals surface area contributed by atoms with Gasteiger partial charge in [-0.05, 0) is 0 Å². The summed E-state index contributed by atoms with van der Waals surface area (Å²) in [5.41, 5.74) is 0. The molecule has 0 aliphatic heterocycles. The van der Waals surface area contributed by atoms with E-state index in [1.165, 1.54) is 0 Å². The first-order valence-electron chi connectivity index (χ1n) is 4.67. The molecule has 0 aliphatic carbocycles. The molecule has 0 amide bonds. The normalized spacial score (nSPS) is 12.6. The third kappa shape index (κ3) is 4.45. The van der Waals surface area contributed by atoms with Crippen LogP contribution < -0.4 is 9.86 Å². The molecule has 0 saturated heterocycles. The van der Waals surface area contributed by atoms with Crippen LogP contribution in [-0.4, -0.2) is 29.1 Å². The van der Waals surface area contributed by atoms with Crippen LogP contribution in [-0.2, 0) is 20.0 Å². The number of benzene rings is 1. The van der Waals surface area contributed by atoms with E-state index in [1.807, 2.05) is 0 Å². The fraction of sp³-hybridized carbons (Fsp3) is 0.250. The monoisotopic (exact) mass is 318 g/mol. The van der Waals surface area contributed by atoms with E-state index < -0.39 is 54.7 Å². The van der Waals surface area contributed by atoms with Gasteiger partial charge >= 0.3 is 0 Å². The van der Waals surface area contributed by atoms with Crippen LogP contribution in [0.2, 0.25) is 0 Å². The van der Waals surface area contributed by atoms with Gasteiger partial charge in [-0.2, -0.15) is 0 Å². The van der Waals surface area contributed by atoms with Crippen molar-refractivity contribution in [1.29, 1.82) is 0 Å². The molecule has 11 heteroatoms. The number of hydrogen-bond acceptors (Lipinski definition) is 4. The van der Waals surface area contributed by atoms with Crippen LogP contribution in [0.4, 0.5) is 13.2 Å². The summed E-state index contributed by atoms with van der Waals surface area (Å²) in [6, 6.07) is 0.384. The Labute approximate surface area is 107 Å². The molecule has 0 atom stereocenters. The van der Waals surface area contributed by atoms with Crippen molar-refractivity contribution in [3.63, 3.8) is 0 Å². The highest BCUT2D eigenvalue weighted by molar-refractivity contribution is 7.90. The molecule has 1 aromatic rings. The largest absolute Gasteiger partial charge is 0.246 e. The first kappa shape index (κ1) is 15.9. The second kappa shape index (κ2) is 5.45. The summed E-state index contributed by atoms with van der Waals surface area (Å²) in [5, 5.41) is 4.62. The molecule has 6 nitrogen and oxygen atoms in total. The lowest BCUT2D eigenvalue weighted by molar-refractivity contribution is 0.494. The molecule has 108 valence electrons. The van der Waals surface area contributed by atoms with Gasteiger partial charge in [0.1, 0.15) is 17.5 Å². The molecule has 0 unspecified atom stereocenters. The van der Waals surface area contributed by atoms with E-state index in [4.69, 9.17) is 0 Å². The van der Waals surface area contributed by atoms with Gasteiger partial charge in [0.15, 0.2) is 4.90 Å². The van der Waals surface area contributed by atoms with Crippen molar-refractivity contribution in [2.45, 2.75) is 4.90 Å². The Morgan fingerprint density at radius 2 is 1.53 bits per heavy atom. The molecule has 0 aromatic heterocycles. The van der Waals surface area contributed by atoms with Crippen LogP contribution in [0.1, 0.15) is 0 Å². The van der Waals surface area contributed by atoms with E-state index >= 15 is 0 Å².